The van der Waals surface area contributed by atoms with Crippen LogP contribution in [0.3, 0.4) is 0 Å². The van der Waals surface area contributed by atoms with E-state index < -0.39 is 5.97 Å². The normalized spacial score (nSPS) is 20.6. The van der Waals surface area contributed by atoms with E-state index in [1.807, 2.05) is 0 Å². The molecule has 0 amide bonds. The van der Waals surface area contributed by atoms with Crippen molar-refractivity contribution < 1.29 is 9.90 Å². The maximum absolute atomic E-state index is 10.6. The number of aliphatic carboxylic acids is 1. The first-order chi connectivity index (χ1) is 6.70. The molecule has 0 bridgehead atoms. The summed E-state index contributed by atoms with van der Waals surface area (Å²) in [7, 11) is 0. The number of rotatable bonds is 5. The molecule has 1 N–H and O–H groups in total. The Morgan fingerprint density at radius 2 is 2.00 bits per heavy atom. The quantitative estimate of drug-likeness (QED) is 0.736. The van der Waals surface area contributed by atoms with Crippen LogP contribution in [0.1, 0.15) is 39.0 Å². The van der Waals surface area contributed by atoms with Gasteiger partial charge >= 0.3 is 5.97 Å². The zero-order valence-corrected chi connectivity index (χ0v) is 9.04. The van der Waals surface area contributed by atoms with Crippen LogP contribution < -0.4 is 0 Å². The topological polar surface area (TPSA) is 40.5 Å². The lowest BCUT2D eigenvalue weighted by molar-refractivity contribution is -0.141. The molecule has 0 aromatic heterocycles. The zero-order chi connectivity index (χ0) is 10.4. The first kappa shape index (κ1) is 11.5. The SMILES string of the molecule is CC(CCCN1CCCCC1)C(=O)O. The summed E-state index contributed by atoms with van der Waals surface area (Å²) in [4.78, 5) is 13.0. The highest BCUT2D eigenvalue weighted by Gasteiger charge is 2.13. The van der Waals surface area contributed by atoms with Crippen LogP contribution >= 0.6 is 0 Å². The van der Waals surface area contributed by atoms with Gasteiger partial charge in [-0.15, -0.1) is 0 Å². The molecule has 1 aliphatic rings. The van der Waals surface area contributed by atoms with Gasteiger partial charge in [-0.2, -0.15) is 0 Å². The van der Waals surface area contributed by atoms with E-state index in [0.29, 0.717) is 0 Å². The maximum Gasteiger partial charge on any atom is 0.306 e. The van der Waals surface area contributed by atoms with Gasteiger partial charge in [-0.1, -0.05) is 13.3 Å². The van der Waals surface area contributed by atoms with Crippen molar-refractivity contribution in [2.24, 2.45) is 5.92 Å². The van der Waals surface area contributed by atoms with Crippen LogP contribution in [0.4, 0.5) is 0 Å². The first-order valence-corrected chi connectivity index (χ1v) is 5.65. The minimum atomic E-state index is -0.663. The second-order valence-electron chi connectivity index (χ2n) is 4.28. The highest BCUT2D eigenvalue weighted by atomic mass is 16.4. The second-order valence-corrected chi connectivity index (χ2v) is 4.28. The van der Waals surface area contributed by atoms with E-state index in [4.69, 9.17) is 5.11 Å². The van der Waals surface area contributed by atoms with E-state index in [1.165, 1.54) is 32.4 Å². The molecule has 3 heteroatoms. The van der Waals surface area contributed by atoms with E-state index in [9.17, 15) is 4.79 Å². The summed E-state index contributed by atoms with van der Waals surface area (Å²) < 4.78 is 0. The third kappa shape index (κ3) is 4.09. The summed E-state index contributed by atoms with van der Waals surface area (Å²) in [6, 6.07) is 0. The summed E-state index contributed by atoms with van der Waals surface area (Å²) in [6.07, 6.45) is 5.82. The highest BCUT2D eigenvalue weighted by Crippen LogP contribution is 2.11. The van der Waals surface area contributed by atoms with Crippen molar-refractivity contribution in [2.75, 3.05) is 19.6 Å². The molecule has 14 heavy (non-hydrogen) atoms. The molecule has 1 saturated heterocycles. The van der Waals surface area contributed by atoms with Gasteiger partial charge in [-0.05, 0) is 45.3 Å². The van der Waals surface area contributed by atoms with Crippen molar-refractivity contribution in [1.82, 2.24) is 4.90 Å². The van der Waals surface area contributed by atoms with Crippen molar-refractivity contribution in [1.29, 1.82) is 0 Å². The summed E-state index contributed by atoms with van der Waals surface area (Å²) in [6.45, 7) is 5.29. The smallest absolute Gasteiger partial charge is 0.306 e. The number of likely N-dealkylation sites (tertiary alicyclic amines) is 1. The molecule has 0 aliphatic carbocycles. The Kier molecular flexibility index (Phi) is 4.94. The van der Waals surface area contributed by atoms with E-state index >= 15 is 0 Å². The molecule has 3 nitrogen and oxygen atoms in total. The maximum atomic E-state index is 10.6. The van der Waals surface area contributed by atoms with Crippen LogP contribution in [0.15, 0.2) is 0 Å². The standard InChI is InChI=1S/C11H21NO2/c1-10(11(13)14)6-5-9-12-7-3-2-4-8-12/h10H,2-9H2,1H3,(H,13,14). The minimum Gasteiger partial charge on any atom is -0.481 e. The van der Waals surface area contributed by atoms with Crippen molar-refractivity contribution in [3.63, 3.8) is 0 Å². The fourth-order valence-electron chi connectivity index (χ4n) is 1.93. The molecule has 0 saturated carbocycles. The average Bonchev–Trinajstić information content (AvgIpc) is 2.19. The van der Waals surface area contributed by atoms with Crippen molar-refractivity contribution in [2.45, 2.75) is 39.0 Å². The number of carboxylic acid groups (broad SMARTS) is 1. The van der Waals surface area contributed by atoms with Crippen LogP contribution in [-0.4, -0.2) is 35.6 Å². The molecule has 1 rings (SSSR count). The largest absolute Gasteiger partial charge is 0.481 e. The molecule has 82 valence electrons. The summed E-state index contributed by atoms with van der Waals surface area (Å²) in [5.74, 6) is -0.844. The van der Waals surface area contributed by atoms with Gasteiger partial charge in [0.25, 0.3) is 0 Å². The fourth-order valence-corrected chi connectivity index (χ4v) is 1.93. The predicted octanol–water partition coefficient (Wildman–Crippen LogP) is 1.97. The average molecular weight is 199 g/mol. The fraction of sp³-hybridized carbons (Fsp3) is 0.909. The number of carboxylic acids is 1. The van der Waals surface area contributed by atoms with Gasteiger partial charge < -0.3 is 10.0 Å². The van der Waals surface area contributed by atoms with Gasteiger partial charge in [0.1, 0.15) is 0 Å². The summed E-state index contributed by atoms with van der Waals surface area (Å²) >= 11 is 0. The van der Waals surface area contributed by atoms with Gasteiger partial charge in [0, 0.05) is 0 Å². The molecular weight excluding hydrogens is 178 g/mol. The predicted molar refractivity (Wildman–Crippen MR) is 56.3 cm³/mol. The number of nitrogens with zero attached hydrogens (tertiary/aromatic N) is 1. The highest BCUT2D eigenvalue weighted by molar-refractivity contribution is 5.69. The molecule has 0 radical (unpaired) electrons. The number of piperidine rings is 1. The van der Waals surface area contributed by atoms with Crippen molar-refractivity contribution in [3.05, 3.63) is 0 Å². The van der Waals surface area contributed by atoms with Gasteiger partial charge in [0.05, 0.1) is 5.92 Å². The lowest BCUT2D eigenvalue weighted by Gasteiger charge is -2.26. The van der Waals surface area contributed by atoms with Gasteiger partial charge in [0.15, 0.2) is 0 Å². The molecule has 0 spiro atoms. The Bertz CT molecular complexity index is 176. The van der Waals surface area contributed by atoms with Crippen LogP contribution in [0.25, 0.3) is 0 Å². The van der Waals surface area contributed by atoms with Crippen LogP contribution in [-0.2, 0) is 4.79 Å². The first-order valence-electron chi connectivity index (χ1n) is 5.65. The Morgan fingerprint density at radius 3 is 2.57 bits per heavy atom. The molecule has 1 heterocycles. The van der Waals surface area contributed by atoms with E-state index in [2.05, 4.69) is 4.90 Å². The summed E-state index contributed by atoms with van der Waals surface area (Å²) in [5.41, 5.74) is 0. The van der Waals surface area contributed by atoms with E-state index in [1.54, 1.807) is 6.92 Å². The van der Waals surface area contributed by atoms with Gasteiger partial charge in [0.2, 0.25) is 0 Å². The Balaban J connectivity index is 2.05. The lowest BCUT2D eigenvalue weighted by Crippen LogP contribution is -2.30. The third-order valence-corrected chi connectivity index (χ3v) is 2.98. The molecule has 1 atom stereocenters. The minimum absolute atomic E-state index is 0.181. The monoisotopic (exact) mass is 199 g/mol. The number of hydrogen-bond acceptors (Lipinski definition) is 2. The Morgan fingerprint density at radius 1 is 1.36 bits per heavy atom. The van der Waals surface area contributed by atoms with Crippen LogP contribution in [0.2, 0.25) is 0 Å². The second kappa shape index (κ2) is 6.02. The van der Waals surface area contributed by atoms with Gasteiger partial charge in [-0.3, -0.25) is 4.79 Å². The van der Waals surface area contributed by atoms with E-state index in [-0.39, 0.29) is 5.92 Å². The molecule has 1 unspecified atom stereocenters. The molecule has 1 aliphatic heterocycles. The van der Waals surface area contributed by atoms with Crippen molar-refractivity contribution in [3.8, 4) is 0 Å². The molecule has 1 fully saturated rings. The van der Waals surface area contributed by atoms with Crippen LogP contribution in [0.5, 0.6) is 0 Å². The lowest BCUT2D eigenvalue weighted by atomic mass is 10.1. The van der Waals surface area contributed by atoms with Gasteiger partial charge in [-0.25, -0.2) is 0 Å². The third-order valence-electron chi connectivity index (χ3n) is 2.98. The Labute approximate surface area is 86.1 Å². The summed E-state index contributed by atoms with van der Waals surface area (Å²) in [5, 5.41) is 8.71. The molecular formula is C11H21NO2. The Hall–Kier alpha value is -0.570. The van der Waals surface area contributed by atoms with E-state index in [0.717, 1.165) is 19.4 Å². The zero-order valence-electron chi connectivity index (χ0n) is 9.04. The molecule has 0 aromatic carbocycles. The van der Waals surface area contributed by atoms with Crippen molar-refractivity contribution >= 4 is 5.97 Å². The number of hydrogen-bond donors (Lipinski definition) is 1. The van der Waals surface area contributed by atoms with Crippen LogP contribution in [0, 0.1) is 5.92 Å². The number of carbonyl (C=O) groups is 1. The molecule has 0 aromatic rings.